The molecule has 0 radical (unpaired) electrons. The molecule has 0 aliphatic rings. The van der Waals surface area contributed by atoms with Crippen LogP contribution in [0.1, 0.15) is 27.2 Å². The molecular weight excluding hydrogens is 518 g/mol. The molecule has 0 aliphatic heterocycles. The van der Waals surface area contributed by atoms with Gasteiger partial charge in [-0.2, -0.15) is 14.9 Å². The van der Waals surface area contributed by atoms with Crippen molar-refractivity contribution in [2.75, 3.05) is 5.32 Å². The molecule has 0 bridgehead atoms. The van der Waals surface area contributed by atoms with E-state index in [9.17, 15) is 4.79 Å². The molecule has 1 N–H and O–H groups in total. The summed E-state index contributed by atoms with van der Waals surface area (Å²) in [6.07, 6.45) is 3.17. The highest BCUT2D eigenvalue weighted by Crippen LogP contribution is 2.27. The van der Waals surface area contributed by atoms with Crippen LogP contribution in [0.25, 0.3) is 22.5 Å². The third-order valence-electron chi connectivity index (χ3n) is 5.37. The lowest BCUT2D eigenvalue weighted by Crippen LogP contribution is -2.16. The van der Waals surface area contributed by atoms with Gasteiger partial charge in [-0.1, -0.05) is 45.2 Å². The molecule has 0 spiro atoms. The number of nitrogens with one attached hydrogen (secondary N) is 1. The van der Waals surface area contributed by atoms with Crippen LogP contribution in [0.3, 0.4) is 0 Å². The van der Waals surface area contributed by atoms with E-state index in [0.717, 1.165) is 15.7 Å². The number of hydrogen-bond acceptors (Lipinski definition) is 5. The molecule has 3 aromatic heterocycles. The summed E-state index contributed by atoms with van der Waals surface area (Å²) in [5, 5.41) is 13.1. The molecule has 170 valence electrons. The van der Waals surface area contributed by atoms with Gasteiger partial charge in [0.1, 0.15) is 12.1 Å². The Morgan fingerprint density at radius 3 is 2.65 bits per heavy atom. The van der Waals surface area contributed by atoms with Crippen LogP contribution in [-0.2, 0) is 0 Å². The third kappa shape index (κ3) is 3.97. The zero-order valence-electron chi connectivity index (χ0n) is 18.5. The topological polar surface area (TPSA) is 90.5 Å². The first kappa shape index (κ1) is 22.2. The van der Waals surface area contributed by atoms with E-state index in [1.165, 1.54) is 11.9 Å². The van der Waals surface area contributed by atoms with Crippen LogP contribution >= 0.6 is 27.5 Å². The van der Waals surface area contributed by atoms with E-state index in [-0.39, 0.29) is 5.91 Å². The van der Waals surface area contributed by atoms with Crippen molar-refractivity contribution < 1.29 is 4.79 Å². The van der Waals surface area contributed by atoms with E-state index in [1.807, 2.05) is 26.0 Å². The molecule has 5 aromatic rings. The lowest BCUT2D eigenvalue weighted by Gasteiger charge is -2.11. The number of carbonyl (C=O) groups is 1. The maximum Gasteiger partial charge on any atom is 0.258 e. The van der Waals surface area contributed by atoms with Crippen molar-refractivity contribution >= 4 is 50.3 Å². The van der Waals surface area contributed by atoms with E-state index >= 15 is 0 Å². The number of rotatable bonds is 4. The fourth-order valence-corrected chi connectivity index (χ4v) is 4.39. The van der Waals surface area contributed by atoms with Crippen molar-refractivity contribution in [2.45, 2.75) is 20.8 Å². The molecule has 8 nitrogen and oxygen atoms in total. The van der Waals surface area contributed by atoms with Gasteiger partial charge in [0.25, 0.3) is 5.91 Å². The monoisotopic (exact) mass is 535 g/mol. The maximum absolute atomic E-state index is 13.0. The van der Waals surface area contributed by atoms with E-state index in [2.05, 4.69) is 54.4 Å². The Labute approximate surface area is 208 Å². The highest BCUT2D eigenvalue weighted by Gasteiger charge is 2.19. The Bertz CT molecular complexity index is 1570. The van der Waals surface area contributed by atoms with Gasteiger partial charge >= 0.3 is 0 Å². The fourth-order valence-electron chi connectivity index (χ4n) is 3.82. The standard InChI is InChI=1S/C24H19BrClN7O/c1-13-4-7-20(14(2)8-13)32-22-18(11-29-32)23(28-12-27-22)33-21(9-15(3)31-33)30-24(34)17-10-16(25)5-6-19(17)26/h4-12H,1-3H3,(H,30,34). The van der Waals surface area contributed by atoms with Crippen molar-refractivity contribution in [3.8, 4) is 11.5 Å². The predicted molar refractivity (Wildman–Crippen MR) is 135 cm³/mol. The zero-order valence-corrected chi connectivity index (χ0v) is 20.9. The molecule has 10 heteroatoms. The fraction of sp³-hybridized carbons (Fsp3) is 0.125. The Morgan fingerprint density at radius 2 is 1.85 bits per heavy atom. The van der Waals surface area contributed by atoms with Gasteiger partial charge in [0.05, 0.1) is 33.6 Å². The van der Waals surface area contributed by atoms with Crippen molar-refractivity contribution in [3.05, 3.63) is 86.9 Å². The average molecular weight is 537 g/mol. The van der Waals surface area contributed by atoms with E-state index in [4.69, 9.17) is 11.6 Å². The van der Waals surface area contributed by atoms with Gasteiger partial charge < -0.3 is 5.32 Å². The van der Waals surface area contributed by atoms with Gasteiger partial charge in [-0.05, 0) is 50.6 Å². The van der Waals surface area contributed by atoms with Crippen LogP contribution in [0.5, 0.6) is 0 Å². The van der Waals surface area contributed by atoms with Crippen molar-refractivity contribution in [3.63, 3.8) is 0 Å². The van der Waals surface area contributed by atoms with Crippen LogP contribution < -0.4 is 5.32 Å². The number of amides is 1. The summed E-state index contributed by atoms with van der Waals surface area (Å²) in [4.78, 5) is 21.9. The van der Waals surface area contributed by atoms with Crippen LogP contribution in [0.15, 0.2) is 59.5 Å². The number of aromatic nitrogens is 6. The Balaban J connectivity index is 1.58. The molecule has 5 rings (SSSR count). The number of hydrogen-bond donors (Lipinski definition) is 1. The minimum absolute atomic E-state index is 0.344. The number of aryl methyl sites for hydroxylation is 3. The summed E-state index contributed by atoms with van der Waals surface area (Å²) in [6.45, 7) is 5.93. The highest BCUT2D eigenvalue weighted by atomic mass is 79.9. The second-order valence-corrected chi connectivity index (χ2v) is 9.26. The first-order chi connectivity index (χ1) is 16.3. The number of anilines is 1. The number of halogens is 2. The Hall–Kier alpha value is -3.56. The minimum atomic E-state index is -0.358. The molecule has 2 aromatic carbocycles. The molecule has 0 unspecified atom stereocenters. The summed E-state index contributed by atoms with van der Waals surface area (Å²) >= 11 is 9.63. The summed E-state index contributed by atoms with van der Waals surface area (Å²) in [5.74, 6) is 0.603. The first-order valence-electron chi connectivity index (χ1n) is 10.4. The molecule has 0 saturated heterocycles. The predicted octanol–water partition coefficient (Wildman–Crippen LogP) is 5.59. The SMILES string of the molecule is Cc1ccc(-n2ncc3c(-n4nc(C)cc4NC(=O)c4cc(Br)ccc4Cl)ncnc32)c(C)c1. The molecule has 3 heterocycles. The highest BCUT2D eigenvalue weighted by molar-refractivity contribution is 9.10. The zero-order chi connectivity index (χ0) is 24.0. The molecule has 0 atom stereocenters. The number of carbonyl (C=O) groups excluding carboxylic acids is 1. The molecule has 0 aliphatic carbocycles. The van der Waals surface area contributed by atoms with E-state index < -0.39 is 0 Å². The number of fused-ring (bicyclic) bond motifs is 1. The summed E-state index contributed by atoms with van der Waals surface area (Å²) in [7, 11) is 0. The number of nitrogens with zero attached hydrogens (tertiary/aromatic N) is 6. The summed E-state index contributed by atoms with van der Waals surface area (Å²) in [5.41, 5.74) is 4.88. The third-order valence-corrected chi connectivity index (χ3v) is 6.19. The van der Waals surface area contributed by atoms with Crippen LogP contribution in [0.4, 0.5) is 5.82 Å². The molecule has 34 heavy (non-hydrogen) atoms. The first-order valence-corrected chi connectivity index (χ1v) is 11.6. The van der Waals surface area contributed by atoms with Crippen molar-refractivity contribution in [2.24, 2.45) is 0 Å². The van der Waals surface area contributed by atoms with E-state index in [0.29, 0.717) is 38.9 Å². The van der Waals surface area contributed by atoms with Crippen LogP contribution in [0.2, 0.25) is 5.02 Å². The van der Waals surface area contributed by atoms with Crippen LogP contribution in [-0.4, -0.2) is 35.4 Å². The van der Waals surface area contributed by atoms with Crippen molar-refractivity contribution in [1.82, 2.24) is 29.5 Å². The van der Waals surface area contributed by atoms with Gasteiger partial charge in [-0.25, -0.2) is 14.6 Å². The second kappa shape index (κ2) is 8.66. The van der Waals surface area contributed by atoms with Gasteiger partial charge in [0.2, 0.25) is 0 Å². The quantitative estimate of drug-likeness (QED) is 0.323. The van der Waals surface area contributed by atoms with Gasteiger partial charge in [0.15, 0.2) is 11.5 Å². The smallest absolute Gasteiger partial charge is 0.258 e. The lowest BCUT2D eigenvalue weighted by molar-refractivity contribution is 0.102. The van der Waals surface area contributed by atoms with Gasteiger partial charge in [-0.3, -0.25) is 4.79 Å². The summed E-state index contributed by atoms with van der Waals surface area (Å²) < 4.78 is 4.12. The Kier molecular flexibility index (Phi) is 5.66. The van der Waals surface area contributed by atoms with Gasteiger partial charge in [0, 0.05) is 10.5 Å². The maximum atomic E-state index is 13.0. The largest absolute Gasteiger partial charge is 0.306 e. The van der Waals surface area contributed by atoms with Crippen LogP contribution in [0, 0.1) is 20.8 Å². The lowest BCUT2D eigenvalue weighted by atomic mass is 10.1. The molecule has 1 amide bonds. The Morgan fingerprint density at radius 1 is 1.03 bits per heavy atom. The second-order valence-electron chi connectivity index (χ2n) is 7.94. The van der Waals surface area contributed by atoms with Crippen molar-refractivity contribution in [1.29, 1.82) is 0 Å². The van der Waals surface area contributed by atoms with E-state index in [1.54, 1.807) is 39.8 Å². The number of benzene rings is 2. The normalized spacial score (nSPS) is 11.2. The molecular formula is C24H19BrClN7O. The average Bonchev–Trinajstić information content (AvgIpc) is 3.38. The molecule has 0 saturated carbocycles. The van der Waals surface area contributed by atoms with Gasteiger partial charge in [-0.15, -0.1) is 0 Å². The molecule has 0 fully saturated rings. The minimum Gasteiger partial charge on any atom is -0.306 e. The summed E-state index contributed by atoms with van der Waals surface area (Å²) in [6, 6.07) is 13.0.